The van der Waals surface area contributed by atoms with Crippen molar-refractivity contribution in [1.29, 1.82) is 0 Å². The van der Waals surface area contributed by atoms with E-state index in [9.17, 15) is 5.11 Å². The molecule has 6 heteroatoms. The van der Waals surface area contributed by atoms with Gasteiger partial charge in [-0.05, 0) is 53.8 Å². The number of hydrogen-bond donors (Lipinski definition) is 3. The Labute approximate surface area is 150 Å². The number of halogens is 1. The van der Waals surface area contributed by atoms with Crippen LogP contribution in [0.2, 0.25) is 5.02 Å². The van der Waals surface area contributed by atoms with E-state index in [1.807, 2.05) is 24.3 Å². The van der Waals surface area contributed by atoms with Gasteiger partial charge in [0.2, 0.25) is 5.95 Å². The molecular weight excluding hydrogens is 336 g/mol. The van der Waals surface area contributed by atoms with Crippen molar-refractivity contribution in [3.8, 4) is 0 Å². The minimum absolute atomic E-state index is 0.0116. The van der Waals surface area contributed by atoms with Gasteiger partial charge in [-0.2, -0.15) is 4.98 Å². The molecule has 0 spiro atoms. The van der Waals surface area contributed by atoms with Crippen molar-refractivity contribution in [3.63, 3.8) is 0 Å². The molecule has 1 aromatic heterocycles. The molecule has 0 fully saturated rings. The predicted molar refractivity (Wildman–Crippen MR) is 99.8 cm³/mol. The van der Waals surface area contributed by atoms with Crippen molar-refractivity contribution in [3.05, 3.63) is 70.4 Å². The number of fused-ring (bicyclic) bond motifs is 6. The fourth-order valence-corrected chi connectivity index (χ4v) is 3.08. The summed E-state index contributed by atoms with van der Waals surface area (Å²) in [6.07, 6.45) is 3.35. The summed E-state index contributed by atoms with van der Waals surface area (Å²) >= 11 is 6.24. The van der Waals surface area contributed by atoms with Crippen molar-refractivity contribution in [2.45, 2.75) is 19.4 Å². The second-order valence-corrected chi connectivity index (χ2v) is 6.44. The van der Waals surface area contributed by atoms with E-state index in [1.165, 1.54) is 5.56 Å². The first-order valence-corrected chi connectivity index (χ1v) is 8.46. The Hall–Kier alpha value is -2.63. The number of benzene rings is 2. The van der Waals surface area contributed by atoms with Gasteiger partial charge in [-0.1, -0.05) is 29.8 Å². The zero-order chi connectivity index (χ0) is 17.2. The van der Waals surface area contributed by atoms with Crippen LogP contribution in [0.25, 0.3) is 0 Å². The highest BCUT2D eigenvalue weighted by molar-refractivity contribution is 6.32. The minimum atomic E-state index is -0.0116. The highest BCUT2D eigenvalue weighted by Crippen LogP contribution is 2.27. The third kappa shape index (κ3) is 3.57. The molecule has 2 aromatic carbocycles. The number of rotatable bonds is 1. The monoisotopic (exact) mass is 352 g/mol. The van der Waals surface area contributed by atoms with Crippen LogP contribution in [0.15, 0.2) is 48.7 Å². The van der Waals surface area contributed by atoms with Crippen molar-refractivity contribution in [2.24, 2.45) is 0 Å². The first-order chi connectivity index (χ1) is 12.2. The van der Waals surface area contributed by atoms with Crippen LogP contribution >= 0.6 is 11.6 Å². The van der Waals surface area contributed by atoms with Gasteiger partial charge in [0.25, 0.3) is 0 Å². The highest BCUT2D eigenvalue weighted by Gasteiger charge is 2.10. The van der Waals surface area contributed by atoms with Gasteiger partial charge in [0, 0.05) is 11.4 Å². The maximum Gasteiger partial charge on any atom is 0.229 e. The third-order valence-electron chi connectivity index (χ3n) is 4.13. The van der Waals surface area contributed by atoms with E-state index < -0.39 is 0 Å². The number of anilines is 4. The molecule has 0 atom stereocenters. The van der Waals surface area contributed by atoms with Gasteiger partial charge in [-0.25, -0.2) is 4.98 Å². The molecule has 4 rings (SSSR count). The van der Waals surface area contributed by atoms with E-state index in [2.05, 4.69) is 38.8 Å². The van der Waals surface area contributed by atoms with Crippen LogP contribution < -0.4 is 10.6 Å². The lowest BCUT2D eigenvalue weighted by Gasteiger charge is -2.12. The first kappa shape index (κ1) is 15.9. The smallest absolute Gasteiger partial charge is 0.229 e. The van der Waals surface area contributed by atoms with E-state index in [1.54, 1.807) is 6.20 Å². The fraction of sp³-hybridized carbons (Fsp3) is 0.158. The molecule has 1 aliphatic heterocycles. The normalized spacial score (nSPS) is 12.9. The van der Waals surface area contributed by atoms with Gasteiger partial charge in [0.15, 0.2) is 5.82 Å². The lowest BCUT2D eigenvalue weighted by atomic mass is 10.0. The van der Waals surface area contributed by atoms with Crippen molar-refractivity contribution >= 4 is 34.7 Å². The number of hydrogen-bond acceptors (Lipinski definition) is 5. The Bertz CT molecular complexity index is 929. The van der Waals surface area contributed by atoms with Crippen molar-refractivity contribution in [2.75, 3.05) is 10.6 Å². The average molecular weight is 353 g/mol. The van der Waals surface area contributed by atoms with Crippen LogP contribution in [0, 0.1) is 0 Å². The molecule has 0 amide bonds. The molecule has 126 valence electrons. The average Bonchev–Trinajstić information content (AvgIpc) is 2.63. The highest BCUT2D eigenvalue weighted by atomic mass is 35.5. The molecular formula is C19H17ClN4O. The van der Waals surface area contributed by atoms with E-state index >= 15 is 0 Å². The molecule has 0 unspecified atom stereocenters. The second-order valence-electron chi connectivity index (χ2n) is 6.04. The summed E-state index contributed by atoms with van der Waals surface area (Å²) in [5, 5.41) is 16.4. The summed E-state index contributed by atoms with van der Waals surface area (Å²) in [7, 11) is 0. The zero-order valence-corrected chi connectivity index (χ0v) is 14.2. The lowest BCUT2D eigenvalue weighted by molar-refractivity contribution is 0.282. The van der Waals surface area contributed by atoms with E-state index in [-0.39, 0.29) is 6.61 Å². The minimum Gasteiger partial charge on any atom is -0.392 e. The van der Waals surface area contributed by atoms with Crippen LogP contribution in [0.4, 0.5) is 23.1 Å². The zero-order valence-electron chi connectivity index (χ0n) is 13.5. The van der Waals surface area contributed by atoms with Gasteiger partial charge >= 0.3 is 0 Å². The first-order valence-electron chi connectivity index (χ1n) is 8.09. The largest absolute Gasteiger partial charge is 0.392 e. The molecule has 1 aliphatic rings. The predicted octanol–water partition coefficient (Wildman–Crippen LogP) is 4.21. The number of nitrogens with zero attached hydrogens (tertiary/aromatic N) is 2. The Morgan fingerprint density at radius 2 is 1.84 bits per heavy atom. The number of aliphatic hydroxyl groups is 1. The van der Waals surface area contributed by atoms with Crippen molar-refractivity contribution in [1.82, 2.24) is 9.97 Å². The SMILES string of the molecule is OCc1cc2cc(c1)Nc1nc(ncc1Cl)Nc1cccc(c1)CC2. The Morgan fingerprint density at radius 3 is 2.72 bits per heavy atom. The Balaban J connectivity index is 1.84. The molecule has 6 bridgehead atoms. The van der Waals surface area contributed by atoms with Crippen LogP contribution in [0.3, 0.4) is 0 Å². The van der Waals surface area contributed by atoms with Crippen molar-refractivity contribution < 1.29 is 5.11 Å². The molecule has 0 aliphatic carbocycles. The van der Waals surface area contributed by atoms with Crippen LogP contribution in [0.5, 0.6) is 0 Å². The molecule has 2 heterocycles. The number of aryl methyl sites for hydroxylation is 2. The van der Waals surface area contributed by atoms with E-state index in [4.69, 9.17) is 11.6 Å². The van der Waals surface area contributed by atoms with Crippen LogP contribution in [-0.2, 0) is 19.4 Å². The summed E-state index contributed by atoms with van der Waals surface area (Å²) in [6, 6.07) is 14.2. The number of aromatic nitrogens is 2. The quantitative estimate of drug-likeness (QED) is 0.612. The molecule has 3 aromatic rings. The number of nitrogens with one attached hydrogen (secondary N) is 2. The van der Waals surface area contributed by atoms with E-state index in [0.29, 0.717) is 16.8 Å². The maximum absolute atomic E-state index is 9.56. The Morgan fingerprint density at radius 1 is 1.00 bits per heavy atom. The molecule has 0 saturated carbocycles. The molecule has 25 heavy (non-hydrogen) atoms. The lowest BCUT2D eigenvalue weighted by Crippen LogP contribution is -2.02. The second kappa shape index (κ2) is 6.70. The summed E-state index contributed by atoms with van der Waals surface area (Å²) < 4.78 is 0. The van der Waals surface area contributed by atoms with E-state index in [0.717, 1.165) is 35.3 Å². The van der Waals surface area contributed by atoms with Gasteiger partial charge in [0.05, 0.1) is 12.8 Å². The topological polar surface area (TPSA) is 70.1 Å². The third-order valence-corrected chi connectivity index (χ3v) is 4.40. The van der Waals surface area contributed by atoms with Crippen LogP contribution in [0.1, 0.15) is 16.7 Å². The fourth-order valence-electron chi connectivity index (χ4n) is 2.94. The standard InChI is InChI=1S/C19H17ClN4O/c20-17-10-21-19-23-15-3-1-2-12(7-15)4-5-13-6-14(11-25)9-16(8-13)22-18(17)24-19/h1-3,6-10,25H,4-5,11H2,(H2,21,22,23,24). The summed E-state index contributed by atoms with van der Waals surface area (Å²) in [5.74, 6) is 0.998. The summed E-state index contributed by atoms with van der Waals surface area (Å²) in [4.78, 5) is 8.71. The summed E-state index contributed by atoms with van der Waals surface area (Å²) in [6.45, 7) is -0.0116. The van der Waals surface area contributed by atoms with Gasteiger partial charge in [0.1, 0.15) is 5.02 Å². The molecule has 5 nitrogen and oxygen atoms in total. The molecule has 3 N–H and O–H groups in total. The maximum atomic E-state index is 9.56. The summed E-state index contributed by atoms with van der Waals surface area (Å²) in [5.41, 5.74) is 5.01. The number of aliphatic hydroxyl groups excluding tert-OH is 1. The van der Waals surface area contributed by atoms with Crippen LogP contribution in [-0.4, -0.2) is 15.1 Å². The molecule has 0 saturated heterocycles. The van der Waals surface area contributed by atoms with Gasteiger partial charge in [-0.15, -0.1) is 0 Å². The Kier molecular flexibility index (Phi) is 4.26. The van der Waals surface area contributed by atoms with Gasteiger partial charge < -0.3 is 15.7 Å². The van der Waals surface area contributed by atoms with Gasteiger partial charge in [-0.3, -0.25) is 0 Å². The molecule has 0 radical (unpaired) electrons.